The number of ether oxygens (including phenoxy) is 1. The van der Waals surface area contributed by atoms with Gasteiger partial charge in [-0.05, 0) is 57.4 Å². The number of hydrogen-bond acceptors (Lipinski definition) is 11. The van der Waals surface area contributed by atoms with Crippen molar-refractivity contribution < 1.29 is 49.2 Å². The first-order valence-electron chi connectivity index (χ1n) is 18.4. The van der Waals surface area contributed by atoms with Crippen LogP contribution in [-0.4, -0.2) is 87.9 Å². The second kappa shape index (κ2) is 14.2. The van der Waals surface area contributed by atoms with Crippen molar-refractivity contribution >= 4 is 49.1 Å². The highest BCUT2D eigenvalue weighted by Crippen LogP contribution is 2.52. The topological polar surface area (TPSA) is 138 Å². The van der Waals surface area contributed by atoms with Crippen LogP contribution in [0, 0.1) is 24.1 Å². The van der Waals surface area contributed by atoms with Crippen molar-refractivity contribution in [3.63, 3.8) is 0 Å². The van der Waals surface area contributed by atoms with Gasteiger partial charge in [0.05, 0.1) is 32.4 Å². The fraction of sp³-hybridized carbons (Fsp3) is 0.447. The minimum atomic E-state index is -5.54. The molecule has 6 heterocycles. The first-order valence-corrected chi connectivity index (χ1v) is 19.2. The van der Waals surface area contributed by atoms with Crippen molar-refractivity contribution in [2.75, 3.05) is 50.0 Å². The summed E-state index contributed by atoms with van der Waals surface area (Å²) in [6.45, 7) is 3.97. The number of nitrogens with zero attached hydrogens (tertiary/aromatic N) is 7. The summed E-state index contributed by atoms with van der Waals surface area (Å²) in [6, 6.07) is 3.92. The van der Waals surface area contributed by atoms with Crippen LogP contribution in [0.15, 0.2) is 28.8 Å². The fourth-order valence-electron chi connectivity index (χ4n) is 8.84. The first kappa shape index (κ1) is 39.5. The summed E-state index contributed by atoms with van der Waals surface area (Å²) in [5.74, 6) is -1.40. The number of nitriles is 1. The van der Waals surface area contributed by atoms with E-state index < -0.39 is 96.6 Å². The summed E-state index contributed by atoms with van der Waals surface area (Å²) in [5.41, 5.74) is -1.93. The van der Waals surface area contributed by atoms with E-state index in [1.165, 1.54) is 15.9 Å². The molecule has 3 atom stereocenters. The summed E-state index contributed by atoms with van der Waals surface area (Å²) < 4.78 is 134. The summed E-state index contributed by atoms with van der Waals surface area (Å²) in [7, 11) is 0. The van der Waals surface area contributed by atoms with E-state index >= 15 is 30.7 Å². The number of aromatic nitrogens is 3. The van der Waals surface area contributed by atoms with E-state index in [0.29, 0.717) is 36.1 Å². The van der Waals surface area contributed by atoms with Crippen molar-refractivity contribution in [1.82, 2.24) is 24.9 Å². The number of thiophene rings is 1. The number of fused-ring (bicyclic) bond motifs is 3. The summed E-state index contributed by atoms with van der Waals surface area (Å²) in [4.78, 5) is 26.8. The average Bonchev–Trinajstić information content (AvgIpc) is 3.99. The molecule has 2 N–H and O–H groups in total. The number of alkyl halides is 7. The van der Waals surface area contributed by atoms with E-state index in [1.54, 1.807) is 19.9 Å². The zero-order valence-corrected chi connectivity index (χ0v) is 31.7. The Morgan fingerprint density at radius 1 is 1.16 bits per heavy atom. The first-order chi connectivity index (χ1) is 27.4. The van der Waals surface area contributed by atoms with Crippen LogP contribution in [0.5, 0.6) is 6.01 Å². The Morgan fingerprint density at radius 2 is 1.93 bits per heavy atom. The Morgan fingerprint density at radius 3 is 2.60 bits per heavy atom. The minimum Gasteiger partial charge on any atom is -0.461 e. The number of nitrogens with two attached hydrogens (primary N) is 1. The van der Waals surface area contributed by atoms with Crippen LogP contribution in [0.25, 0.3) is 32.1 Å². The number of rotatable bonds is 8. The maximum Gasteiger partial charge on any atom is 0.419 e. The maximum atomic E-state index is 15.7. The highest BCUT2D eigenvalue weighted by atomic mass is 32.1. The van der Waals surface area contributed by atoms with E-state index in [2.05, 4.69) is 15.1 Å². The molecule has 0 radical (unpaired) electrons. The van der Waals surface area contributed by atoms with Crippen LogP contribution in [0.3, 0.4) is 0 Å². The lowest BCUT2D eigenvalue weighted by atomic mass is 9.88. The second-order valence-electron chi connectivity index (χ2n) is 14.8. The van der Waals surface area contributed by atoms with E-state index in [1.807, 2.05) is 4.90 Å². The molecule has 8 rings (SSSR count). The molecule has 2 aromatic carbocycles. The molecule has 0 aliphatic carbocycles. The van der Waals surface area contributed by atoms with E-state index in [4.69, 9.17) is 15.0 Å². The monoisotopic (exact) mass is 834 g/mol. The van der Waals surface area contributed by atoms with E-state index in [9.17, 15) is 14.4 Å². The van der Waals surface area contributed by atoms with Crippen LogP contribution in [0.1, 0.15) is 65.5 Å². The Labute approximate surface area is 328 Å². The largest absolute Gasteiger partial charge is 0.461 e. The van der Waals surface area contributed by atoms with Gasteiger partial charge in [0, 0.05) is 61.0 Å². The lowest BCUT2D eigenvalue weighted by Gasteiger charge is -2.32. The molecule has 5 aromatic rings. The zero-order valence-electron chi connectivity index (χ0n) is 30.9. The summed E-state index contributed by atoms with van der Waals surface area (Å²) >= 11 is 0.520. The standard InChI is InChI=1S/C38H34F8N8O3S/c1-3-54(20-7-10-52(16-20)34(55)26-11-18(2)57-51-26)33-22-12-24(37(41,42)43)28(21-5-6-25(40)31-27(21)23(14-47)32(48)58-31)29(38(44,45)46)30(22)49-35(50-33)56-17-36-8-4-9-53(36)15-19(39)13-36/h5-6,11-12,19-20H,3-4,7-10,13,15-17,48H2,1-2H3. The Balaban J connectivity index is 1.36. The van der Waals surface area contributed by atoms with Gasteiger partial charge in [0.1, 0.15) is 41.2 Å². The van der Waals surface area contributed by atoms with Crippen molar-refractivity contribution in [1.29, 1.82) is 5.26 Å². The van der Waals surface area contributed by atoms with Gasteiger partial charge in [-0.3, -0.25) is 9.69 Å². The number of benzene rings is 2. The van der Waals surface area contributed by atoms with Gasteiger partial charge in [-0.25, -0.2) is 8.78 Å². The molecule has 3 unspecified atom stereocenters. The van der Waals surface area contributed by atoms with E-state index in [0.717, 1.165) is 18.6 Å². The molecule has 3 aromatic heterocycles. The number of carbonyl (C=O) groups is 1. The fourth-order valence-corrected chi connectivity index (χ4v) is 9.79. The van der Waals surface area contributed by atoms with Crippen LogP contribution >= 0.6 is 11.3 Å². The molecule has 3 saturated heterocycles. The normalized spacial score (nSPS) is 21.3. The smallest absolute Gasteiger partial charge is 0.419 e. The molecule has 0 spiro atoms. The maximum absolute atomic E-state index is 15.7. The molecule has 0 bridgehead atoms. The highest BCUT2D eigenvalue weighted by Gasteiger charge is 2.50. The van der Waals surface area contributed by atoms with Gasteiger partial charge >= 0.3 is 18.4 Å². The number of likely N-dealkylation sites (N-methyl/N-ethyl adjacent to an activating group) is 1. The van der Waals surface area contributed by atoms with Crippen LogP contribution in [0.4, 0.5) is 45.9 Å². The zero-order chi connectivity index (χ0) is 41.5. The minimum absolute atomic E-state index is 0.0106. The van der Waals surface area contributed by atoms with E-state index in [-0.39, 0.29) is 62.1 Å². The van der Waals surface area contributed by atoms with Gasteiger partial charge in [0.15, 0.2) is 5.69 Å². The number of hydrogen-bond donors (Lipinski definition) is 1. The Kier molecular flexibility index (Phi) is 9.69. The summed E-state index contributed by atoms with van der Waals surface area (Å²) in [6.07, 6.45) is -10.5. The third-order valence-corrected chi connectivity index (χ3v) is 12.3. The lowest BCUT2D eigenvalue weighted by molar-refractivity contribution is -0.141. The number of amides is 1. The molecule has 58 heavy (non-hydrogen) atoms. The highest BCUT2D eigenvalue weighted by molar-refractivity contribution is 7.23. The third kappa shape index (κ3) is 6.61. The molecular formula is C38H34F8N8O3S. The molecular weight excluding hydrogens is 801 g/mol. The van der Waals surface area contributed by atoms with Gasteiger partial charge < -0.3 is 24.8 Å². The molecule has 3 fully saturated rings. The molecule has 3 aliphatic rings. The van der Waals surface area contributed by atoms with Crippen LogP contribution in [0.2, 0.25) is 0 Å². The predicted octanol–water partition coefficient (Wildman–Crippen LogP) is 8.13. The van der Waals surface area contributed by atoms with Crippen LogP contribution in [-0.2, 0) is 12.4 Å². The summed E-state index contributed by atoms with van der Waals surface area (Å²) in [5, 5.41) is 12.3. The van der Waals surface area contributed by atoms with Gasteiger partial charge in [-0.15, -0.1) is 11.3 Å². The second-order valence-corrected chi connectivity index (χ2v) is 15.9. The van der Waals surface area contributed by atoms with Crippen molar-refractivity contribution in [3.05, 3.63) is 58.2 Å². The van der Waals surface area contributed by atoms with Crippen molar-refractivity contribution in [2.24, 2.45) is 0 Å². The number of aryl methyl sites for hydroxylation is 1. The van der Waals surface area contributed by atoms with Gasteiger partial charge in [0.2, 0.25) is 0 Å². The number of likely N-dealkylation sites (tertiary alicyclic amines) is 1. The molecule has 3 aliphatic heterocycles. The van der Waals surface area contributed by atoms with Crippen molar-refractivity contribution in [2.45, 2.75) is 69.6 Å². The molecule has 20 heteroatoms. The molecule has 11 nitrogen and oxygen atoms in total. The predicted molar refractivity (Wildman–Crippen MR) is 197 cm³/mol. The Hall–Kier alpha value is -5.29. The SMILES string of the molecule is CCN(c1nc(OCC23CCCN2CC(F)C3)nc2c(C(F)(F)F)c(-c3ccc(F)c4sc(N)c(C#N)c34)c(C(F)(F)F)cc12)C1CCN(C(=O)c2cc(C)on2)C1. The van der Waals surface area contributed by atoms with Gasteiger partial charge in [-0.2, -0.15) is 41.6 Å². The molecule has 306 valence electrons. The number of halogens is 8. The quantitative estimate of drug-likeness (QED) is 0.153. The lowest BCUT2D eigenvalue weighted by Crippen LogP contribution is -2.43. The Bertz CT molecular complexity index is 2500. The molecule has 0 saturated carbocycles. The van der Waals surface area contributed by atoms with Crippen molar-refractivity contribution in [3.8, 4) is 23.2 Å². The van der Waals surface area contributed by atoms with Gasteiger partial charge in [-0.1, -0.05) is 11.2 Å². The third-order valence-electron chi connectivity index (χ3n) is 11.3. The number of carbonyl (C=O) groups excluding carboxylic acids is 1. The van der Waals surface area contributed by atoms with Crippen LogP contribution < -0.4 is 15.4 Å². The number of anilines is 2. The average molecular weight is 835 g/mol. The number of nitrogen functional groups attached to an aromatic ring is 1. The molecule has 1 amide bonds. The van der Waals surface area contributed by atoms with Gasteiger partial charge in [0.25, 0.3) is 5.91 Å².